The number of rotatable bonds is 2. The van der Waals surface area contributed by atoms with E-state index in [-0.39, 0.29) is 5.69 Å². The molecule has 1 heterocycles. The van der Waals surface area contributed by atoms with Crippen molar-refractivity contribution in [3.8, 4) is 11.1 Å². The Morgan fingerprint density at radius 1 is 1.14 bits per heavy atom. The van der Waals surface area contributed by atoms with Gasteiger partial charge in [0.2, 0.25) is 0 Å². The maximum atomic E-state index is 14.2. The molecule has 0 atom stereocenters. The Hall–Kier alpha value is -2.30. The van der Waals surface area contributed by atoms with Gasteiger partial charge in [0.05, 0.1) is 0 Å². The van der Waals surface area contributed by atoms with E-state index in [0.717, 1.165) is 0 Å². The summed E-state index contributed by atoms with van der Waals surface area (Å²) in [6, 6.07) is 6.99. The highest BCUT2D eigenvalue weighted by Crippen LogP contribution is 2.22. The van der Waals surface area contributed by atoms with Gasteiger partial charge in [-0.25, -0.2) is 13.8 Å². The minimum atomic E-state index is -0.720. The molecular weight excluding hydrogens is 286 g/mol. The summed E-state index contributed by atoms with van der Waals surface area (Å²) in [5, 5.41) is 0. The van der Waals surface area contributed by atoms with Gasteiger partial charge in [-0.05, 0) is 44.5 Å². The van der Waals surface area contributed by atoms with Crippen LogP contribution in [0, 0.1) is 11.6 Å². The van der Waals surface area contributed by atoms with E-state index in [1.807, 2.05) is 20.8 Å². The second-order valence-electron chi connectivity index (χ2n) is 6.10. The fourth-order valence-electron chi connectivity index (χ4n) is 1.88. The van der Waals surface area contributed by atoms with Gasteiger partial charge in [0, 0.05) is 24.3 Å². The van der Waals surface area contributed by atoms with Crippen molar-refractivity contribution in [3.05, 3.63) is 53.9 Å². The van der Waals surface area contributed by atoms with Crippen LogP contribution in [0.2, 0.25) is 0 Å². The molecule has 0 fully saturated rings. The van der Waals surface area contributed by atoms with E-state index in [9.17, 15) is 13.6 Å². The Morgan fingerprint density at radius 3 is 2.36 bits per heavy atom. The number of hydrogen-bond donors (Lipinski definition) is 0. The molecule has 0 spiro atoms. The van der Waals surface area contributed by atoms with Crippen molar-refractivity contribution in [3.63, 3.8) is 0 Å². The van der Waals surface area contributed by atoms with Gasteiger partial charge in [-0.3, -0.25) is 4.79 Å². The van der Waals surface area contributed by atoms with Gasteiger partial charge >= 0.3 is 0 Å². The number of amides is 1. The van der Waals surface area contributed by atoms with E-state index in [4.69, 9.17) is 0 Å². The molecular formula is C17H18F2N2O. The molecule has 0 N–H and O–H groups in total. The van der Waals surface area contributed by atoms with Gasteiger partial charge in [0.15, 0.2) is 11.5 Å². The molecule has 0 aliphatic rings. The molecule has 116 valence electrons. The van der Waals surface area contributed by atoms with Crippen LogP contribution in [0.3, 0.4) is 0 Å². The molecule has 1 amide bonds. The lowest BCUT2D eigenvalue weighted by Crippen LogP contribution is -2.43. The number of pyridine rings is 1. The quantitative estimate of drug-likeness (QED) is 0.843. The topological polar surface area (TPSA) is 33.2 Å². The summed E-state index contributed by atoms with van der Waals surface area (Å²) >= 11 is 0. The second-order valence-corrected chi connectivity index (χ2v) is 6.10. The zero-order valence-corrected chi connectivity index (χ0v) is 13.0. The third-order valence-electron chi connectivity index (χ3n) is 3.51. The zero-order chi connectivity index (χ0) is 16.5. The van der Waals surface area contributed by atoms with Gasteiger partial charge in [-0.1, -0.05) is 12.1 Å². The Balaban J connectivity index is 2.37. The average molecular weight is 304 g/mol. The summed E-state index contributed by atoms with van der Waals surface area (Å²) in [6.45, 7) is 5.55. The van der Waals surface area contributed by atoms with Crippen LogP contribution in [-0.4, -0.2) is 28.4 Å². The lowest BCUT2D eigenvalue weighted by molar-refractivity contribution is 0.0644. The monoisotopic (exact) mass is 304 g/mol. The summed E-state index contributed by atoms with van der Waals surface area (Å²) in [7, 11) is 1.60. The summed E-state index contributed by atoms with van der Waals surface area (Å²) in [5.74, 6) is -1.62. The largest absolute Gasteiger partial charge is 0.335 e. The highest BCUT2D eigenvalue weighted by atomic mass is 19.1. The molecule has 0 saturated carbocycles. The minimum Gasteiger partial charge on any atom is -0.335 e. The summed E-state index contributed by atoms with van der Waals surface area (Å²) in [6.07, 6.45) is 1.38. The van der Waals surface area contributed by atoms with Crippen LogP contribution in [0.4, 0.5) is 8.78 Å². The van der Waals surface area contributed by atoms with Crippen LogP contribution in [0.5, 0.6) is 0 Å². The predicted octanol–water partition coefficient (Wildman–Crippen LogP) is 3.90. The van der Waals surface area contributed by atoms with E-state index in [0.29, 0.717) is 11.1 Å². The van der Waals surface area contributed by atoms with E-state index in [1.54, 1.807) is 13.1 Å². The van der Waals surface area contributed by atoms with Crippen molar-refractivity contribution in [1.82, 2.24) is 9.88 Å². The number of benzene rings is 1. The SMILES string of the molecule is CN(C(=O)c1ncc(-c2cccc(F)c2)cc1F)C(C)(C)C. The molecule has 0 bridgehead atoms. The molecule has 0 aliphatic carbocycles. The first-order valence-corrected chi connectivity index (χ1v) is 6.90. The van der Waals surface area contributed by atoms with Gasteiger partial charge in [-0.15, -0.1) is 0 Å². The van der Waals surface area contributed by atoms with E-state index >= 15 is 0 Å². The van der Waals surface area contributed by atoms with E-state index in [2.05, 4.69) is 4.98 Å². The lowest BCUT2D eigenvalue weighted by Gasteiger charge is -2.31. The normalized spacial score (nSPS) is 11.4. The van der Waals surface area contributed by atoms with Crippen LogP contribution in [0.25, 0.3) is 11.1 Å². The van der Waals surface area contributed by atoms with Crippen molar-refractivity contribution in [2.45, 2.75) is 26.3 Å². The number of nitrogens with zero attached hydrogens (tertiary/aromatic N) is 2. The van der Waals surface area contributed by atoms with Crippen molar-refractivity contribution in [2.24, 2.45) is 0 Å². The Labute approximate surface area is 128 Å². The predicted molar refractivity (Wildman–Crippen MR) is 81.4 cm³/mol. The molecule has 22 heavy (non-hydrogen) atoms. The lowest BCUT2D eigenvalue weighted by atomic mass is 10.0. The molecule has 2 aromatic rings. The number of carbonyl (C=O) groups is 1. The maximum Gasteiger partial charge on any atom is 0.275 e. The molecule has 3 nitrogen and oxygen atoms in total. The molecule has 1 aromatic heterocycles. The third-order valence-corrected chi connectivity index (χ3v) is 3.51. The zero-order valence-electron chi connectivity index (χ0n) is 13.0. The Kier molecular flexibility index (Phi) is 4.26. The van der Waals surface area contributed by atoms with Crippen LogP contribution >= 0.6 is 0 Å². The number of hydrogen-bond acceptors (Lipinski definition) is 2. The smallest absolute Gasteiger partial charge is 0.275 e. The maximum absolute atomic E-state index is 14.2. The first-order valence-electron chi connectivity index (χ1n) is 6.90. The number of aromatic nitrogens is 1. The van der Waals surface area contributed by atoms with Gasteiger partial charge in [0.1, 0.15) is 5.82 Å². The summed E-state index contributed by atoms with van der Waals surface area (Å²) in [5.41, 5.74) is 0.256. The Bertz CT molecular complexity index is 708. The molecule has 1 aromatic carbocycles. The van der Waals surface area contributed by atoms with Gasteiger partial charge in [-0.2, -0.15) is 0 Å². The van der Waals surface area contributed by atoms with Crippen molar-refractivity contribution >= 4 is 5.91 Å². The second kappa shape index (κ2) is 5.83. The van der Waals surface area contributed by atoms with E-state index in [1.165, 1.54) is 35.4 Å². The van der Waals surface area contributed by atoms with Crippen LogP contribution in [0.15, 0.2) is 36.5 Å². The summed E-state index contributed by atoms with van der Waals surface area (Å²) < 4.78 is 27.5. The van der Waals surface area contributed by atoms with Crippen LogP contribution in [-0.2, 0) is 0 Å². The van der Waals surface area contributed by atoms with Crippen molar-refractivity contribution < 1.29 is 13.6 Å². The first-order chi connectivity index (χ1) is 10.2. The standard InChI is InChI=1S/C17H18F2N2O/c1-17(2,3)21(4)16(22)15-14(19)9-12(10-20-15)11-6-5-7-13(18)8-11/h5-10H,1-4H3. The van der Waals surface area contributed by atoms with Crippen LogP contribution in [0.1, 0.15) is 31.3 Å². The highest BCUT2D eigenvalue weighted by Gasteiger charge is 2.26. The summed E-state index contributed by atoms with van der Waals surface area (Å²) in [4.78, 5) is 17.6. The number of carbonyl (C=O) groups excluding carboxylic acids is 1. The molecule has 0 unspecified atom stereocenters. The third kappa shape index (κ3) is 3.30. The molecule has 2 rings (SSSR count). The van der Waals surface area contributed by atoms with Crippen LogP contribution < -0.4 is 0 Å². The van der Waals surface area contributed by atoms with Crippen molar-refractivity contribution in [1.29, 1.82) is 0 Å². The highest BCUT2D eigenvalue weighted by molar-refractivity contribution is 5.93. The minimum absolute atomic E-state index is 0.238. The molecule has 5 heteroatoms. The first kappa shape index (κ1) is 16.1. The average Bonchev–Trinajstić information content (AvgIpc) is 2.44. The molecule has 0 radical (unpaired) electrons. The number of halogens is 2. The van der Waals surface area contributed by atoms with Crippen molar-refractivity contribution in [2.75, 3.05) is 7.05 Å². The van der Waals surface area contributed by atoms with Gasteiger partial charge in [0.25, 0.3) is 5.91 Å². The molecule has 0 saturated heterocycles. The molecule has 0 aliphatic heterocycles. The van der Waals surface area contributed by atoms with E-state index < -0.39 is 23.1 Å². The fourth-order valence-corrected chi connectivity index (χ4v) is 1.88. The Morgan fingerprint density at radius 2 is 1.82 bits per heavy atom. The van der Waals surface area contributed by atoms with Gasteiger partial charge < -0.3 is 4.90 Å². The fraction of sp³-hybridized carbons (Fsp3) is 0.294.